The molecule has 2 heterocycles. The van der Waals surface area contributed by atoms with Crippen molar-refractivity contribution in [2.45, 2.75) is 0 Å². The molecule has 0 unspecified atom stereocenters. The van der Waals surface area contributed by atoms with Gasteiger partial charge in [-0.25, -0.2) is 4.98 Å². The standard InChI is InChI=1S/C15H16N4O2/c20-19(21)14-6-7-15(16-12-14)18-10-8-17(9-11-18)13-4-2-1-3-5-13/h1-7,12H,8-11H2/p+1. The number of pyridine rings is 1. The highest BCUT2D eigenvalue weighted by molar-refractivity contribution is 5.48. The molecule has 1 aliphatic heterocycles. The van der Waals surface area contributed by atoms with E-state index in [2.05, 4.69) is 26.9 Å². The van der Waals surface area contributed by atoms with Gasteiger partial charge in [0.05, 0.1) is 18.0 Å². The van der Waals surface area contributed by atoms with E-state index in [9.17, 15) is 10.1 Å². The van der Waals surface area contributed by atoms with Crippen LogP contribution in [0.2, 0.25) is 0 Å². The fourth-order valence-corrected chi connectivity index (χ4v) is 2.56. The third-order valence-electron chi connectivity index (χ3n) is 3.73. The molecule has 0 bridgehead atoms. The molecule has 1 aromatic heterocycles. The summed E-state index contributed by atoms with van der Waals surface area (Å²) in [5.74, 6) is 0.924. The molecule has 0 saturated carbocycles. The summed E-state index contributed by atoms with van der Waals surface area (Å²) in [7, 11) is 0. The van der Waals surface area contributed by atoms with Crippen LogP contribution in [-0.2, 0) is 0 Å². The predicted octanol–water partition coefficient (Wildman–Crippen LogP) is 1.74. The van der Waals surface area contributed by atoms with Crippen LogP contribution >= 0.6 is 0 Å². The lowest BCUT2D eigenvalue weighted by molar-refractivity contribution is -0.414. The molecule has 1 N–H and O–H groups in total. The highest BCUT2D eigenvalue weighted by Gasteiger charge is 2.24. The number of anilines is 2. The second kappa shape index (κ2) is 5.78. The summed E-state index contributed by atoms with van der Waals surface area (Å²) >= 11 is 0. The van der Waals surface area contributed by atoms with Gasteiger partial charge in [0, 0.05) is 17.8 Å². The lowest BCUT2D eigenvalue weighted by atomic mass is 10.2. The fraction of sp³-hybridized carbons (Fsp3) is 0.267. The molecule has 1 aromatic carbocycles. The molecule has 21 heavy (non-hydrogen) atoms. The summed E-state index contributed by atoms with van der Waals surface area (Å²) in [6, 6.07) is 13.7. The molecule has 2 aromatic rings. The van der Waals surface area contributed by atoms with E-state index >= 15 is 0 Å². The Kier molecular flexibility index (Phi) is 3.68. The molecule has 6 nitrogen and oxygen atoms in total. The van der Waals surface area contributed by atoms with Crippen molar-refractivity contribution in [2.24, 2.45) is 0 Å². The number of para-hydroxylation sites is 1. The van der Waals surface area contributed by atoms with Crippen molar-refractivity contribution in [1.82, 2.24) is 0 Å². The Labute approximate surface area is 122 Å². The van der Waals surface area contributed by atoms with Crippen molar-refractivity contribution >= 4 is 17.2 Å². The number of nitrogens with zero attached hydrogens (tertiary/aromatic N) is 3. The molecule has 0 amide bonds. The minimum Gasteiger partial charge on any atom is -0.364 e. The third kappa shape index (κ3) is 2.94. The maximum absolute atomic E-state index is 10.7. The molecule has 0 spiro atoms. The Hall–Kier alpha value is -2.63. The number of nitrogens with one attached hydrogen (secondary N) is 1. The van der Waals surface area contributed by atoms with Crippen molar-refractivity contribution in [2.75, 3.05) is 36.0 Å². The van der Waals surface area contributed by atoms with Crippen LogP contribution in [0.25, 0.3) is 0 Å². The van der Waals surface area contributed by atoms with Crippen LogP contribution in [0.3, 0.4) is 0 Å². The Bertz CT molecular complexity index is 607. The zero-order valence-electron chi connectivity index (χ0n) is 11.6. The van der Waals surface area contributed by atoms with Crippen molar-refractivity contribution in [3.8, 4) is 0 Å². The average molecular weight is 285 g/mol. The molecule has 3 rings (SSSR count). The van der Waals surface area contributed by atoms with Crippen molar-refractivity contribution in [1.29, 1.82) is 0 Å². The van der Waals surface area contributed by atoms with Crippen molar-refractivity contribution in [3.05, 3.63) is 58.8 Å². The molecular weight excluding hydrogens is 268 g/mol. The maximum Gasteiger partial charge on any atom is 0.308 e. The van der Waals surface area contributed by atoms with Gasteiger partial charge in [-0.2, -0.15) is 0 Å². The van der Waals surface area contributed by atoms with Gasteiger partial charge in [-0.15, -0.1) is 0 Å². The van der Waals surface area contributed by atoms with Crippen LogP contribution in [-0.4, -0.2) is 31.1 Å². The first-order chi connectivity index (χ1) is 10.2. The largest absolute Gasteiger partial charge is 0.364 e. The topological polar surface area (TPSA) is 63.8 Å². The number of nitro groups is 1. The first-order valence-corrected chi connectivity index (χ1v) is 6.95. The van der Waals surface area contributed by atoms with E-state index in [0.717, 1.165) is 32.0 Å². The van der Waals surface area contributed by atoms with Gasteiger partial charge in [0.25, 0.3) is 5.82 Å². The van der Waals surface area contributed by atoms with Crippen LogP contribution in [0.1, 0.15) is 0 Å². The first kappa shape index (κ1) is 13.4. The van der Waals surface area contributed by atoms with Gasteiger partial charge >= 0.3 is 5.69 Å². The zero-order chi connectivity index (χ0) is 14.7. The van der Waals surface area contributed by atoms with Gasteiger partial charge < -0.3 is 4.90 Å². The number of H-pyrrole nitrogens is 1. The van der Waals surface area contributed by atoms with Crippen molar-refractivity contribution in [3.63, 3.8) is 0 Å². The number of rotatable bonds is 3. The molecule has 6 heteroatoms. The molecule has 0 aliphatic carbocycles. The quantitative estimate of drug-likeness (QED) is 0.636. The highest BCUT2D eigenvalue weighted by atomic mass is 16.6. The smallest absolute Gasteiger partial charge is 0.308 e. The number of hydrogen-bond donors (Lipinski definition) is 0. The lowest BCUT2D eigenvalue weighted by Gasteiger charge is -2.32. The average Bonchev–Trinajstić information content (AvgIpc) is 2.56. The Morgan fingerprint density at radius 1 is 0.952 bits per heavy atom. The Balaban J connectivity index is 1.64. The highest BCUT2D eigenvalue weighted by Crippen LogP contribution is 2.18. The van der Waals surface area contributed by atoms with E-state index < -0.39 is 4.92 Å². The number of aromatic nitrogens is 1. The molecule has 1 saturated heterocycles. The van der Waals surface area contributed by atoms with Crippen LogP contribution in [0.4, 0.5) is 17.2 Å². The predicted molar refractivity (Wildman–Crippen MR) is 80.5 cm³/mol. The van der Waals surface area contributed by atoms with E-state index in [-0.39, 0.29) is 5.69 Å². The fourth-order valence-electron chi connectivity index (χ4n) is 2.56. The van der Waals surface area contributed by atoms with Crippen LogP contribution < -0.4 is 14.8 Å². The first-order valence-electron chi connectivity index (χ1n) is 6.95. The second-order valence-corrected chi connectivity index (χ2v) is 5.00. The van der Waals surface area contributed by atoms with E-state index in [1.807, 2.05) is 18.2 Å². The SMILES string of the molecule is O=[N+]([O-])c1ccc(N2CCN(c3ccccc3)CC2)[nH+]c1. The number of benzene rings is 1. The maximum atomic E-state index is 10.7. The van der Waals surface area contributed by atoms with Gasteiger partial charge in [0.15, 0.2) is 6.20 Å². The van der Waals surface area contributed by atoms with Gasteiger partial charge in [0.1, 0.15) is 13.1 Å². The van der Waals surface area contributed by atoms with E-state index in [1.54, 1.807) is 6.07 Å². The summed E-state index contributed by atoms with van der Waals surface area (Å²) < 4.78 is 0. The summed E-state index contributed by atoms with van der Waals surface area (Å²) in [5.41, 5.74) is 1.33. The van der Waals surface area contributed by atoms with Gasteiger partial charge in [-0.1, -0.05) is 18.2 Å². The summed E-state index contributed by atoms with van der Waals surface area (Å²) in [6.45, 7) is 3.66. The molecule has 0 radical (unpaired) electrons. The minimum atomic E-state index is -0.395. The molecule has 108 valence electrons. The Morgan fingerprint density at radius 2 is 1.62 bits per heavy atom. The summed E-state index contributed by atoms with van der Waals surface area (Å²) in [5, 5.41) is 10.7. The van der Waals surface area contributed by atoms with Crippen LogP contribution in [0.15, 0.2) is 48.7 Å². The van der Waals surface area contributed by atoms with E-state index in [0.29, 0.717) is 0 Å². The number of aromatic amines is 1. The van der Waals surface area contributed by atoms with Crippen molar-refractivity contribution < 1.29 is 9.91 Å². The molecule has 0 atom stereocenters. The van der Waals surface area contributed by atoms with Gasteiger partial charge in [0.2, 0.25) is 0 Å². The Morgan fingerprint density at radius 3 is 2.19 bits per heavy atom. The monoisotopic (exact) mass is 285 g/mol. The molecule has 1 aliphatic rings. The van der Waals surface area contributed by atoms with Crippen LogP contribution in [0, 0.1) is 10.1 Å². The van der Waals surface area contributed by atoms with Gasteiger partial charge in [-0.05, 0) is 12.1 Å². The third-order valence-corrected chi connectivity index (χ3v) is 3.73. The minimum absolute atomic E-state index is 0.0849. The lowest BCUT2D eigenvalue weighted by Crippen LogP contribution is -2.48. The van der Waals surface area contributed by atoms with Gasteiger partial charge in [-0.3, -0.25) is 15.0 Å². The normalized spacial score (nSPS) is 15.0. The van der Waals surface area contributed by atoms with E-state index in [1.165, 1.54) is 18.0 Å². The van der Waals surface area contributed by atoms with Crippen LogP contribution in [0.5, 0.6) is 0 Å². The summed E-state index contributed by atoms with van der Waals surface area (Å²) in [6.07, 6.45) is 1.44. The number of hydrogen-bond acceptors (Lipinski definition) is 4. The zero-order valence-corrected chi connectivity index (χ0v) is 11.6. The summed E-state index contributed by atoms with van der Waals surface area (Å²) in [4.78, 5) is 17.8. The molecular formula is C15H17N4O2+. The number of piperazine rings is 1. The second-order valence-electron chi connectivity index (χ2n) is 5.00. The molecule has 1 fully saturated rings. The van der Waals surface area contributed by atoms with E-state index in [4.69, 9.17) is 0 Å².